The summed E-state index contributed by atoms with van der Waals surface area (Å²) >= 11 is 0. The standard InChI is InChI=1S/C12H14F3N3O3/c1-18(2)10(19)6-17-11(20)7-3-4-9(8(16)5-7)21-12(13,14)15/h3-5H,6,16H2,1-2H3,(H,17,20). The Morgan fingerprint density at radius 2 is 1.95 bits per heavy atom. The van der Waals surface area contributed by atoms with Crippen LogP contribution in [0.2, 0.25) is 0 Å². The molecule has 0 saturated carbocycles. The zero-order chi connectivity index (χ0) is 16.2. The van der Waals surface area contributed by atoms with Crippen molar-refractivity contribution in [3.8, 4) is 5.75 Å². The molecule has 1 aromatic carbocycles. The second kappa shape index (κ2) is 6.33. The van der Waals surface area contributed by atoms with Gasteiger partial charge in [0.05, 0.1) is 12.2 Å². The molecule has 0 aromatic heterocycles. The van der Waals surface area contributed by atoms with E-state index in [2.05, 4.69) is 10.1 Å². The fourth-order valence-corrected chi connectivity index (χ4v) is 1.32. The number of amides is 2. The molecule has 1 aromatic rings. The lowest BCUT2D eigenvalue weighted by molar-refractivity contribution is -0.274. The number of nitrogens with one attached hydrogen (secondary N) is 1. The van der Waals surface area contributed by atoms with Crippen LogP contribution in [0.25, 0.3) is 0 Å². The molecule has 0 unspecified atom stereocenters. The molecule has 0 bridgehead atoms. The van der Waals surface area contributed by atoms with Crippen molar-refractivity contribution in [1.82, 2.24) is 10.2 Å². The van der Waals surface area contributed by atoms with Crippen molar-refractivity contribution in [2.24, 2.45) is 0 Å². The molecule has 116 valence electrons. The summed E-state index contributed by atoms with van der Waals surface area (Å²) < 4.78 is 39.9. The maximum absolute atomic E-state index is 12.1. The minimum atomic E-state index is -4.87. The normalized spacial score (nSPS) is 10.9. The SMILES string of the molecule is CN(C)C(=O)CNC(=O)c1ccc(OC(F)(F)F)c(N)c1. The molecule has 0 saturated heterocycles. The van der Waals surface area contributed by atoms with E-state index in [-0.39, 0.29) is 23.7 Å². The number of halogens is 3. The van der Waals surface area contributed by atoms with Gasteiger partial charge < -0.3 is 20.7 Å². The molecule has 0 aliphatic carbocycles. The molecule has 2 amide bonds. The van der Waals surface area contributed by atoms with Gasteiger partial charge in [0.1, 0.15) is 0 Å². The third kappa shape index (κ3) is 5.21. The molecule has 0 aliphatic rings. The monoisotopic (exact) mass is 305 g/mol. The van der Waals surface area contributed by atoms with Gasteiger partial charge in [-0.25, -0.2) is 0 Å². The van der Waals surface area contributed by atoms with Gasteiger partial charge in [0.2, 0.25) is 5.91 Å². The van der Waals surface area contributed by atoms with Crippen molar-refractivity contribution in [2.75, 3.05) is 26.4 Å². The Morgan fingerprint density at radius 1 is 1.33 bits per heavy atom. The first-order chi connectivity index (χ1) is 9.60. The van der Waals surface area contributed by atoms with E-state index < -0.39 is 18.0 Å². The summed E-state index contributed by atoms with van der Waals surface area (Å²) in [6.07, 6.45) is -4.87. The molecule has 0 fully saturated rings. The van der Waals surface area contributed by atoms with Crippen LogP contribution in [0.3, 0.4) is 0 Å². The molecule has 3 N–H and O–H groups in total. The molecule has 1 rings (SSSR count). The number of rotatable bonds is 4. The molecule has 9 heteroatoms. The van der Waals surface area contributed by atoms with E-state index in [0.717, 1.165) is 18.2 Å². The Bertz CT molecular complexity index is 544. The first-order valence-electron chi connectivity index (χ1n) is 5.74. The fourth-order valence-electron chi connectivity index (χ4n) is 1.32. The maximum atomic E-state index is 12.1. The number of hydrogen-bond donors (Lipinski definition) is 2. The molecule has 0 spiro atoms. The summed E-state index contributed by atoms with van der Waals surface area (Å²) in [4.78, 5) is 24.3. The van der Waals surface area contributed by atoms with Gasteiger partial charge in [0.25, 0.3) is 5.91 Å². The second-order valence-corrected chi connectivity index (χ2v) is 4.27. The van der Waals surface area contributed by atoms with Crippen LogP contribution in [-0.2, 0) is 4.79 Å². The Hall–Kier alpha value is -2.45. The van der Waals surface area contributed by atoms with Gasteiger partial charge in [-0.05, 0) is 18.2 Å². The highest BCUT2D eigenvalue weighted by Gasteiger charge is 2.32. The number of alkyl halides is 3. The first kappa shape index (κ1) is 16.6. The van der Waals surface area contributed by atoms with Gasteiger partial charge in [0.15, 0.2) is 5.75 Å². The average Bonchev–Trinajstić information content (AvgIpc) is 2.36. The van der Waals surface area contributed by atoms with Gasteiger partial charge in [-0.3, -0.25) is 9.59 Å². The molecule has 0 aliphatic heterocycles. The lowest BCUT2D eigenvalue weighted by Crippen LogP contribution is -2.36. The molecule has 21 heavy (non-hydrogen) atoms. The summed E-state index contributed by atoms with van der Waals surface area (Å²) in [5.74, 6) is -1.55. The minimum Gasteiger partial charge on any atom is -0.404 e. The molecule has 0 radical (unpaired) electrons. The van der Waals surface area contributed by atoms with Crippen LogP contribution in [0.4, 0.5) is 18.9 Å². The quantitative estimate of drug-likeness (QED) is 0.812. The molecule has 0 atom stereocenters. The van der Waals surface area contributed by atoms with E-state index in [0.29, 0.717) is 0 Å². The van der Waals surface area contributed by atoms with Crippen LogP contribution in [-0.4, -0.2) is 43.7 Å². The number of carbonyl (C=O) groups excluding carboxylic acids is 2. The Balaban J connectivity index is 2.75. The number of nitrogen functional groups attached to an aromatic ring is 1. The van der Waals surface area contributed by atoms with Crippen molar-refractivity contribution in [1.29, 1.82) is 0 Å². The highest BCUT2D eigenvalue weighted by Crippen LogP contribution is 2.28. The number of ether oxygens (including phenoxy) is 1. The Kier molecular flexibility index (Phi) is 5.01. The van der Waals surface area contributed by atoms with E-state index in [1.807, 2.05) is 0 Å². The number of anilines is 1. The van der Waals surface area contributed by atoms with Crippen LogP contribution >= 0.6 is 0 Å². The number of hydrogen-bond acceptors (Lipinski definition) is 4. The highest BCUT2D eigenvalue weighted by atomic mass is 19.4. The van der Waals surface area contributed by atoms with Gasteiger partial charge in [-0.1, -0.05) is 0 Å². The van der Waals surface area contributed by atoms with Crippen molar-refractivity contribution in [3.05, 3.63) is 23.8 Å². The maximum Gasteiger partial charge on any atom is 0.573 e. The summed E-state index contributed by atoms with van der Waals surface area (Å²) in [6.45, 7) is -0.230. The van der Waals surface area contributed by atoms with Crippen LogP contribution in [0.15, 0.2) is 18.2 Å². The molecule has 0 heterocycles. The smallest absolute Gasteiger partial charge is 0.404 e. The summed E-state index contributed by atoms with van der Waals surface area (Å²) in [7, 11) is 3.05. The Labute approximate surface area is 118 Å². The highest BCUT2D eigenvalue weighted by molar-refractivity contribution is 5.97. The Morgan fingerprint density at radius 3 is 2.43 bits per heavy atom. The molecular formula is C12H14F3N3O3. The van der Waals surface area contributed by atoms with Gasteiger partial charge in [-0.15, -0.1) is 13.2 Å². The second-order valence-electron chi connectivity index (χ2n) is 4.27. The third-order valence-electron chi connectivity index (χ3n) is 2.40. The lowest BCUT2D eigenvalue weighted by atomic mass is 10.1. The molecular weight excluding hydrogens is 291 g/mol. The number of carbonyl (C=O) groups is 2. The van der Waals surface area contributed by atoms with E-state index in [9.17, 15) is 22.8 Å². The van der Waals surface area contributed by atoms with Gasteiger partial charge in [-0.2, -0.15) is 0 Å². The predicted molar refractivity (Wildman–Crippen MR) is 68.6 cm³/mol. The van der Waals surface area contributed by atoms with Gasteiger partial charge in [0, 0.05) is 19.7 Å². The van der Waals surface area contributed by atoms with Crippen LogP contribution in [0, 0.1) is 0 Å². The number of benzene rings is 1. The van der Waals surface area contributed by atoms with Crippen LogP contribution in [0.1, 0.15) is 10.4 Å². The predicted octanol–water partition coefficient (Wildman–Crippen LogP) is 0.985. The van der Waals surface area contributed by atoms with Crippen LogP contribution in [0.5, 0.6) is 5.75 Å². The largest absolute Gasteiger partial charge is 0.573 e. The van der Waals surface area contributed by atoms with Gasteiger partial charge >= 0.3 is 6.36 Å². The number of nitrogens with zero attached hydrogens (tertiary/aromatic N) is 1. The first-order valence-corrected chi connectivity index (χ1v) is 5.74. The van der Waals surface area contributed by atoms with Crippen molar-refractivity contribution < 1.29 is 27.5 Å². The average molecular weight is 305 g/mol. The van der Waals surface area contributed by atoms with Crippen molar-refractivity contribution >= 4 is 17.5 Å². The fraction of sp³-hybridized carbons (Fsp3) is 0.333. The summed E-state index contributed by atoms with van der Waals surface area (Å²) in [5.41, 5.74) is 5.08. The zero-order valence-corrected chi connectivity index (χ0v) is 11.3. The zero-order valence-electron chi connectivity index (χ0n) is 11.3. The minimum absolute atomic E-state index is 0.0218. The lowest BCUT2D eigenvalue weighted by Gasteiger charge is -2.13. The van der Waals surface area contributed by atoms with Crippen LogP contribution < -0.4 is 15.8 Å². The number of nitrogens with two attached hydrogens (primary N) is 1. The van der Waals surface area contributed by atoms with E-state index in [1.54, 1.807) is 0 Å². The third-order valence-corrected chi connectivity index (χ3v) is 2.40. The topological polar surface area (TPSA) is 84.7 Å². The van der Waals surface area contributed by atoms with E-state index in [4.69, 9.17) is 5.73 Å². The summed E-state index contributed by atoms with van der Waals surface area (Å²) in [6, 6.07) is 3.09. The molecule has 6 nitrogen and oxygen atoms in total. The van der Waals surface area contributed by atoms with E-state index in [1.165, 1.54) is 19.0 Å². The summed E-state index contributed by atoms with van der Waals surface area (Å²) in [5, 5.41) is 2.33. The van der Waals surface area contributed by atoms with Crippen molar-refractivity contribution in [2.45, 2.75) is 6.36 Å². The van der Waals surface area contributed by atoms with Crippen molar-refractivity contribution in [3.63, 3.8) is 0 Å². The number of likely N-dealkylation sites (N-methyl/N-ethyl adjacent to an activating group) is 1. The van der Waals surface area contributed by atoms with E-state index >= 15 is 0 Å².